The fraction of sp³-hybridized carbons (Fsp3) is 0.143. The van der Waals surface area contributed by atoms with Crippen LogP contribution in [0, 0.1) is 13.8 Å². The van der Waals surface area contributed by atoms with Crippen LogP contribution in [-0.4, -0.2) is 15.1 Å². The highest BCUT2D eigenvalue weighted by Gasteiger charge is 2.24. The summed E-state index contributed by atoms with van der Waals surface area (Å²) in [6.07, 6.45) is 0. The molecule has 112 valence electrons. The highest BCUT2D eigenvalue weighted by Crippen LogP contribution is 2.59. The van der Waals surface area contributed by atoms with Crippen molar-refractivity contribution in [3.8, 4) is 17.2 Å². The molecule has 0 spiro atoms. The van der Waals surface area contributed by atoms with Crippen molar-refractivity contribution in [2.24, 2.45) is 0 Å². The number of phenols is 2. The van der Waals surface area contributed by atoms with Crippen LogP contribution in [-0.2, 0) is 4.57 Å². The van der Waals surface area contributed by atoms with Crippen molar-refractivity contribution in [2.75, 3.05) is 0 Å². The van der Waals surface area contributed by atoms with Gasteiger partial charge >= 0.3 is 6.80 Å². The Morgan fingerprint density at radius 2 is 1.57 bits per heavy atom. The van der Waals surface area contributed by atoms with E-state index < -0.39 is 6.80 Å². The largest absolute Gasteiger partial charge is 0.508 e. The molecule has 1 unspecified atom stereocenters. The lowest BCUT2D eigenvalue weighted by molar-refractivity contribution is 0.401. The molecule has 3 N–H and O–H groups in total. The van der Waals surface area contributed by atoms with Crippen LogP contribution in [0.1, 0.15) is 11.1 Å². The molecule has 2 aromatic carbocycles. The van der Waals surface area contributed by atoms with Gasteiger partial charge in [0.2, 0.25) is 0 Å². The minimum atomic E-state index is -3.95. The number of aryl methyl sites for hydroxylation is 2. The van der Waals surface area contributed by atoms with Crippen LogP contribution < -0.4 is 4.52 Å². The van der Waals surface area contributed by atoms with E-state index in [4.69, 9.17) is 4.52 Å². The molecule has 5 nitrogen and oxygen atoms in total. The van der Waals surface area contributed by atoms with Crippen LogP contribution >= 0.6 is 18.2 Å². The van der Waals surface area contributed by atoms with Gasteiger partial charge in [-0.3, -0.25) is 0 Å². The van der Waals surface area contributed by atoms with E-state index in [1.54, 1.807) is 26.0 Å². The summed E-state index contributed by atoms with van der Waals surface area (Å²) >= 11 is 0.689. The summed E-state index contributed by atoms with van der Waals surface area (Å²) in [4.78, 5) is 10.4. The van der Waals surface area contributed by atoms with Gasteiger partial charge in [0.05, 0.1) is 0 Å². The van der Waals surface area contributed by atoms with Gasteiger partial charge in [0.25, 0.3) is 0 Å². The molecule has 0 aliphatic rings. The zero-order valence-corrected chi connectivity index (χ0v) is 13.2. The first-order chi connectivity index (χ1) is 9.77. The first-order valence-corrected chi connectivity index (χ1v) is 9.08. The maximum atomic E-state index is 12.1. The normalized spacial score (nSPS) is 13.7. The van der Waals surface area contributed by atoms with Crippen LogP contribution in [0.2, 0.25) is 0 Å². The fourth-order valence-electron chi connectivity index (χ4n) is 1.65. The summed E-state index contributed by atoms with van der Waals surface area (Å²) in [6.45, 7) is -0.585. The van der Waals surface area contributed by atoms with E-state index in [9.17, 15) is 19.7 Å². The summed E-state index contributed by atoms with van der Waals surface area (Å²) in [5.74, 6) is 0.429. The Balaban J connectivity index is 2.15. The highest BCUT2D eigenvalue weighted by atomic mass is 32.7. The van der Waals surface area contributed by atoms with E-state index in [0.29, 0.717) is 27.4 Å². The van der Waals surface area contributed by atoms with Crippen LogP contribution in [0.25, 0.3) is 0 Å². The van der Waals surface area contributed by atoms with E-state index >= 15 is 0 Å². The Labute approximate surface area is 126 Å². The Morgan fingerprint density at radius 1 is 1.00 bits per heavy atom. The molecule has 0 saturated heterocycles. The first-order valence-electron chi connectivity index (χ1n) is 6.08. The van der Waals surface area contributed by atoms with Crippen molar-refractivity contribution in [1.29, 1.82) is 0 Å². The summed E-state index contributed by atoms with van der Waals surface area (Å²) in [5, 5.41) is 18.9. The number of hydrogen-bond acceptors (Lipinski definition) is 5. The average Bonchev–Trinajstić information content (AvgIpc) is 2.37. The molecule has 0 aliphatic carbocycles. The Morgan fingerprint density at radius 3 is 2.14 bits per heavy atom. The molecule has 21 heavy (non-hydrogen) atoms. The minimum Gasteiger partial charge on any atom is -0.508 e. The third kappa shape index (κ3) is 4.17. The van der Waals surface area contributed by atoms with Gasteiger partial charge in [0.1, 0.15) is 17.2 Å². The number of hydrogen-bond donors (Lipinski definition) is 3. The zero-order valence-electron chi connectivity index (χ0n) is 11.5. The monoisotopic (exact) mass is 326 g/mol. The van der Waals surface area contributed by atoms with Gasteiger partial charge in [0, 0.05) is 16.3 Å². The summed E-state index contributed by atoms with van der Waals surface area (Å²) in [6, 6.07) is 8.92. The van der Waals surface area contributed by atoms with E-state index in [-0.39, 0.29) is 17.2 Å². The predicted molar refractivity (Wildman–Crippen MR) is 82.0 cm³/mol. The maximum absolute atomic E-state index is 12.1. The molecule has 0 fully saturated rings. The molecule has 0 saturated carbocycles. The first kappa shape index (κ1) is 15.8. The van der Waals surface area contributed by atoms with Crippen molar-refractivity contribution >= 4 is 18.2 Å². The van der Waals surface area contributed by atoms with Gasteiger partial charge < -0.3 is 19.6 Å². The third-order valence-electron chi connectivity index (χ3n) is 2.78. The Hall–Kier alpha value is -1.62. The fourth-order valence-corrected chi connectivity index (χ4v) is 4.21. The summed E-state index contributed by atoms with van der Waals surface area (Å²) < 4.78 is 17.2. The molecular weight excluding hydrogens is 311 g/mol. The van der Waals surface area contributed by atoms with Crippen LogP contribution in [0.4, 0.5) is 0 Å². The summed E-state index contributed by atoms with van der Waals surface area (Å²) in [5.41, 5.74) is 1.17. The Kier molecular flexibility index (Phi) is 4.52. The van der Waals surface area contributed by atoms with E-state index in [0.717, 1.165) is 0 Å². The molecule has 0 aromatic heterocycles. The van der Waals surface area contributed by atoms with Crippen LogP contribution in [0.15, 0.2) is 41.3 Å². The second-order valence-corrected chi connectivity index (χ2v) is 8.25. The number of rotatable bonds is 4. The molecule has 0 radical (unpaired) electrons. The van der Waals surface area contributed by atoms with Gasteiger partial charge in [-0.15, -0.1) is 0 Å². The second-order valence-electron chi connectivity index (χ2n) is 4.55. The lowest BCUT2D eigenvalue weighted by Crippen LogP contribution is -1.89. The topological polar surface area (TPSA) is 87.0 Å². The average molecular weight is 326 g/mol. The van der Waals surface area contributed by atoms with Crippen molar-refractivity contribution in [3.05, 3.63) is 47.5 Å². The Bertz CT molecular complexity index is 659. The molecule has 1 atom stereocenters. The molecule has 0 bridgehead atoms. The van der Waals surface area contributed by atoms with E-state index in [2.05, 4.69) is 0 Å². The lowest BCUT2D eigenvalue weighted by Gasteiger charge is -2.13. The predicted octanol–water partition coefficient (Wildman–Crippen LogP) is 3.99. The minimum absolute atomic E-state index is 0.0944. The van der Waals surface area contributed by atoms with Crippen LogP contribution in [0.5, 0.6) is 17.2 Å². The molecule has 7 heteroatoms. The lowest BCUT2D eigenvalue weighted by atomic mass is 10.2. The molecule has 2 rings (SSSR count). The highest BCUT2D eigenvalue weighted by molar-refractivity contribution is 8.54. The van der Waals surface area contributed by atoms with Gasteiger partial charge in [-0.25, -0.2) is 4.57 Å². The van der Waals surface area contributed by atoms with Gasteiger partial charge in [-0.2, -0.15) is 0 Å². The van der Waals surface area contributed by atoms with Crippen molar-refractivity contribution in [1.82, 2.24) is 0 Å². The van der Waals surface area contributed by atoms with E-state index in [1.807, 2.05) is 0 Å². The van der Waals surface area contributed by atoms with Gasteiger partial charge in [-0.1, -0.05) is 0 Å². The van der Waals surface area contributed by atoms with Crippen molar-refractivity contribution in [2.45, 2.75) is 18.7 Å². The standard InChI is InChI=1S/C14H15O5PS/c1-9-7-11(3-5-13(9)15)19-20(17,18)21-12-4-6-14(16)10(2)8-12/h3-8,15-16H,1-2H3,(H,17,18). The molecule has 0 heterocycles. The maximum Gasteiger partial charge on any atom is 0.442 e. The smallest absolute Gasteiger partial charge is 0.442 e. The third-order valence-corrected chi connectivity index (χ3v) is 5.46. The van der Waals surface area contributed by atoms with Crippen molar-refractivity contribution in [3.63, 3.8) is 0 Å². The summed E-state index contributed by atoms with van der Waals surface area (Å²) in [7, 11) is 0. The van der Waals surface area contributed by atoms with Gasteiger partial charge in [-0.05, 0) is 61.4 Å². The molecule has 0 amide bonds. The van der Waals surface area contributed by atoms with E-state index in [1.165, 1.54) is 24.3 Å². The van der Waals surface area contributed by atoms with Crippen LogP contribution in [0.3, 0.4) is 0 Å². The van der Waals surface area contributed by atoms with Crippen molar-refractivity contribution < 1.29 is 24.2 Å². The molecule has 2 aromatic rings. The number of aromatic hydroxyl groups is 2. The molecular formula is C14H15O5PS. The molecule has 0 aliphatic heterocycles. The second kappa shape index (κ2) is 6.02. The number of benzene rings is 2. The zero-order chi connectivity index (χ0) is 15.6. The number of phenolic OH excluding ortho intramolecular Hbond substituents is 2. The SMILES string of the molecule is Cc1cc(OP(=O)(O)Sc2ccc(O)c(C)c2)ccc1O. The quantitative estimate of drug-likeness (QED) is 0.737. The van der Waals surface area contributed by atoms with Gasteiger partial charge in [0.15, 0.2) is 0 Å².